The molecule has 1 amide bonds. The number of nitrogens with one attached hydrogen (secondary N) is 1. The minimum Gasteiger partial charge on any atom is -0.465 e. The number of carbonyl (C=O) groups is 3. The molecule has 0 aromatic heterocycles. The molecule has 1 aromatic rings. The summed E-state index contributed by atoms with van der Waals surface area (Å²) in [5, 5.41) is 13.6. The number of halogens is 1. The molecule has 1 heterocycles. The second kappa shape index (κ2) is 14.3. The van der Waals surface area contributed by atoms with Crippen molar-refractivity contribution in [1.82, 2.24) is 15.1 Å². The minimum atomic E-state index is -0.859. The second-order valence-electron chi connectivity index (χ2n) is 11.5. The smallest absolute Gasteiger partial charge is 0.407 e. The van der Waals surface area contributed by atoms with Crippen molar-refractivity contribution in [3.05, 3.63) is 46.2 Å². The van der Waals surface area contributed by atoms with Gasteiger partial charge in [-0.1, -0.05) is 29.8 Å². The lowest BCUT2D eigenvalue weighted by molar-refractivity contribution is -0.150. The number of alkyl carbamates (subject to hydrolysis) is 1. The fourth-order valence-corrected chi connectivity index (χ4v) is 4.39. The largest absolute Gasteiger partial charge is 0.465 e. The Balaban J connectivity index is 2.58. The van der Waals surface area contributed by atoms with Gasteiger partial charge in [-0.15, -0.1) is 0 Å². The summed E-state index contributed by atoms with van der Waals surface area (Å²) in [6.07, 6.45) is 0.757. The molecule has 1 saturated heterocycles. The standard InChI is InChI=1S/C29H41ClN4O6/c1-8-38-24(35)19-34(17-20-12-9-10-14-23(20)30)25(22(16-31)26(36)39-28(2,3)4)33-15-11-13-21(18-33)32-27(37)40-29(5,6)7/h9-10,12,14,21H,8,11,13,15,17-19H2,1-7H3,(H,32,37)/b25-22+/t21-/m1/s1. The molecule has 1 N–H and O–H groups in total. The number of ether oxygens (including phenoxy) is 3. The summed E-state index contributed by atoms with van der Waals surface area (Å²) in [6.45, 7) is 12.9. The van der Waals surface area contributed by atoms with Gasteiger partial charge < -0.3 is 29.3 Å². The van der Waals surface area contributed by atoms with Crippen LogP contribution < -0.4 is 5.32 Å². The average Bonchev–Trinajstić information content (AvgIpc) is 2.81. The van der Waals surface area contributed by atoms with Crippen LogP contribution in [0.5, 0.6) is 0 Å². The zero-order valence-electron chi connectivity index (χ0n) is 24.5. The normalized spacial score (nSPS) is 16.3. The molecular weight excluding hydrogens is 536 g/mol. The van der Waals surface area contributed by atoms with Gasteiger partial charge in [-0.3, -0.25) is 4.79 Å². The van der Waals surface area contributed by atoms with Gasteiger partial charge in [-0.05, 0) is 72.9 Å². The number of nitriles is 1. The first-order valence-electron chi connectivity index (χ1n) is 13.4. The summed E-state index contributed by atoms with van der Waals surface area (Å²) < 4.78 is 16.2. The first-order valence-corrected chi connectivity index (χ1v) is 13.8. The maximum atomic E-state index is 13.3. The van der Waals surface area contributed by atoms with Crippen LogP contribution in [-0.4, -0.2) is 71.3 Å². The SMILES string of the molecule is CCOC(=O)CN(Cc1ccccc1Cl)/C(=C(\C#N)C(=O)OC(C)(C)C)N1CCC[C@@H](NC(=O)OC(C)(C)C)C1. The molecule has 10 nitrogen and oxygen atoms in total. The molecule has 1 aliphatic rings. The fraction of sp³-hybridized carbons (Fsp3) is 0.586. The van der Waals surface area contributed by atoms with E-state index in [0.717, 1.165) is 0 Å². The lowest BCUT2D eigenvalue weighted by atomic mass is 10.0. The Morgan fingerprint density at radius 2 is 1.77 bits per heavy atom. The molecule has 40 heavy (non-hydrogen) atoms. The van der Waals surface area contributed by atoms with E-state index in [1.807, 2.05) is 17.0 Å². The first-order chi connectivity index (χ1) is 18.6. The predicted octanol–water partition coefficient (Wildman–Crippen LogP) is 4.77. The van der Waals surface area contributed by atoms with Gasteiger partial charge in [-0.25, -0.2) is 9.59 Å². The lowest BCUT2D eigenvalue weighted by Gasteiger charge is -2.41. The molecule has 11 heteroatoms. The molecule has 0 saturated carbocycles. The number of carbonyl (C=O) groups excluding carboxylic acids is 3. The van der Waals surface area contributed by atoms with Crippen molar-refractivity contribution >= 4 is 29.6 Å². The molecule has 0 spiro atoms. The molecule has 0 unspecified atom stereocenters. The zero-order valence-corrected chi connectivity index (χ0v) is 25.3. The molecule has 1 aromatic carbocycles. The van der Waals surface area contributed by atoms with E-state index in [1.54, 1.807) is 71.6 Å². The van der Waals surface area contributed by atoms with Gasteiger partial charge >= 0.3 is 18.0 Å². The number of esters is 2. The number of rotatable bonds is 9. The Bertz CT molecular complexity index is 1130. The van der Waals surface area contributed by atoms with Crippen molar-refractivity contribution in [3.63, 3.8) is 0 Å². The Morgan fingerprint density at radius 3 is 2.35 bits per heavy atom. The molecule has 220 valence electrons. The maximum absolute atomic E-state index is 13.3. The number of piperidine rings is 1. The highest BCUT2D eigenvalue weighted by atomic mass is 35.5. The number of amides is 1. The summed E-state index contributed by atoms with van der Waals surface area (Å²) in [4.78, 5) is 42.0. The van der Waals surface area contributed by atoms with Gasteiger partial charge in [0.1, 0.15) is 29.6 Å². The average molecular weight is 577 g/mol. The van der Waals surface area contributed by atoms with E-state index in [-0.39, 0.29) is 43.7 Å². The van der Waals surface area contributed by atoms with Crippen LogP contribution in [0.15, 0.2) is 35.7 Å². The molecule has 1 atom stereocenters. The topological polar surface area (TPSA) is 121 Å². The second-order valence-corrected chi connectivity index (χ2v) is 11.9. The summed E-state index contributed by atoms with van der Waals surface area (Å²) in [5.41, 5.74) is -1.10. The van der Waals surface area contributed by atoms with Crippen molar-refractivity contribution in [2.45, 2.75) is 85.1 Å². The number of hydrogen-bond acceptors (Lipinski definition) is 9. The van der Waals surface area contributed by atoms with Crippen LogP contribution in [0.2, 0.25) is 5.02 Å². The summed E-state index contributed by atoms with van der Waals surface area (Å²) in [5.74, 6) is -1.14. The van der Waals surface area contributed by atoms with E-state index in [1.165, 1.54) is 0 Å². The van der Waals surface area contributed by atoms with Crippen LogP contribution in [0, 0.1) is 11.3 Å². The number of hydrogen-bond donors (Lipinski definition) is 1. The van der Waals surface area contributed by atoms with Crippen LogP contribution in [0.1, 0.15) is 66.9 Å². The quantitative estimate of drug-likeness (QED) is 0.192. The van der Waals surface area contributed by atoms with Crippen molar-refractivity contribution < 1.29 is 28.6 Å². The van der Waals surface area contributed by atoms with E-state index >= 15 is 0 Å². The molecular formula is C29H41ClN4O6. The van der Waals surface area contributed by atoms with Crippen LogP contribution in [0.4, 0.5) is 4.79 Å². The maximum Gasteiger partial charge on any atom is 0.407 e. The van der Waals surface area contributed by atoms with E-state index in [4.69, 9.17) is 25.8 Å². The third-order valence-corrected chi connectivity index (χ3v) is 5.99. The molecule has 1 fully saturated rings. The lowest BCUT2D eigenvalue weighted by Crippen LogP contribution is -2.51. The highest BCUT2D eigenvalue weighted by Gasteiger charge is 2.34. The molecule has 2 rings (SSSR count). The van der Waals surface area contributed by atoms with E-state index in [9.17, 15) is 19.6 Å². The van der Waals surface area contributed by atoms with E-state index < -0.39 is 29.2 Å². The van der Waals surface area contributed by atoms with Crippen molar-refractivity contribution in [1.29, 1.82) is 5.26 Å². The Kier molecular flexibility index (Phi) is 11.7. The van der Waals surface area contributed by atoms with Gasteiger partial charge in [0, 0.05) is 30.7 Å². The molecule has 1 aliphatic heterocycles. The van der Waals surface area contributed by atoms with Gasteiger partial charge in [0.15, 0.2) is 5.57 Å². The van der Waals surface area contributed by atoms with Gasteiger partial charge in [0.25, 0.3) is 0 Å². The number of nitrogens with zero attached hydrogens (tertiary/aromatic N) is 3. The summed E-state index contributed by atoms with van der Waals surface area (Å²) in [7, 11) is 0. The third-order valence-electron chi connectivity index (χ3n) is 5.62. The highest BCUT2D eigenvalue weighted by molar-refractivity contribution is 6.31. The number of likely N-dealkylation sites (tertiary alicyclic amines) is 1. The van der Waals surface area contributed by atoms with E-state index in [0.29, 0.717) is 30.0 Å². The molecule has 0 aliphatic carbocycles. The van der Waals surface area contributed by atoms with Crippen LogP contribution >= 0.6 is 11.6 Å². The first kappa shape index (κ1) is 32.8. The fourth-order valence-electron chi connectivity index (χ4n) is 4.19. The Labute approximate surface area is 242 Å². The molecule has 0 bridgehead atoms. The van der Waals surface area contributed by atoms with Crippen molar-refractivity contribution in [2.24, 2.45) is 0 Å². The summed E-state index contributed by atoms with van der Waals surface area (Å²) >= 11 is 6.46. The van der Waals surface area contributed by atoms with E-state index in [2.05, 4.69) is 5.32 Å². The minimum absolute atomic E-state index is 0.114. The monoisotopic (exact) mass is 576 g/mol. The van der Waals surface area contributed by atoms with Crippen LogP contribution in [0.25, 0.3) is 0 Å². The van der Waals surface area contributed by atoms with Crippen LogP contribution in [0.3, 0.4) is 0 Å². The molecule has 0 radical (unpaired) electrons. The van der Waals surface area contributed by atoms with Gasteiger partial charge in [0.2, 0.25) is 0 Å². The van der Waals surface area contributed by atoms with Crippen LogP contribution in [-0.2, 0) is 30.3 Å². The van der Waals surface area contributed by atoms with Gasteiger partial charge in [-0.2, -0.15) is 5.26 Å². The zero-order chi connectivity index (χ0) is 30.1. The van der Waals surface area contributed by atoms with Crippen molar-refractivity contribution in [2.75, 3.05) is 26.2 Å². The third kappa shape index (κ3) is 10.6. The number of benzene rings is 1. The van der Waals surface area contributed by atoms with Crippen molar-refractivity contribution in [3.8, 4) is 6.07 Å². The highest BCUT2D eigenvalue weighted by Crippen LogP contribution is 2.27. The predicted molar refractivity (Wildman–Crippen MR) is 151 cm³/mol. The Morgan fingerprint density at radius 1 is 1.12 bits per heavy atom. The summed E-state index contributed by atoms with van der Waals surface area (Å²) in [6, 6.07) is 8.82. The Hall–Kier alpha value is -3.45. The van der Waals surface area contributed by atoms with Gasteiger partial charge in [0.05, 0.1) is 6.61 Å².